The van der Waals surface area contributed by atoms with Gasteiger partial charge in [-0.3, -0.25) is 4.79 Å². The summed E-state index contributed by atoms with van der Waals surface area (Å²) in [6, 6.07) is -0.926. The maximum absolute atomic E-state index is 11.9. The standard InChI is InChI=1S/C9H15NO5S2/c1-6(17(2,14)15)8(11)10-3-4-16-5-7(10)9(12)13/h6-7H,3-5H2,1-2H3,(H,12,13). The van der Waals surface area contributed by atoms with Crippen LogP contribution in [0, 0.1) is 0 Å². The van der Waals surface area contributed by atoms with E-state index < -0.39 is 33.0 Å². The van der Waals surface area contributed by atoms with E-state index in [1.807, 2.05) is 0 Å². The maximum Gasteiger partial charge on any atom is 0.327 e. The lowest BCUT2D eigenvalue weighted by Crippen LogP contribution is -2.54. The molecule has 0 bridgehead atoms. The van der Waals surface area contributed by atoms with Crippen molar-refractivity contribution >= 4 is 33.5 Å². The number of carbonyl (C=O) groups excluding carboxylic acids is 1. The van der Waals surface area contributed by atoms with Crippen LogP contribution < -0.4 is 0 Å². The van der Waals surface area contributed by atoms with E-state index in [1.165, 1.54) is 18.7 Å². The first-order chi connectivity index (χ1) is 7.75. The van der Waals surface area contributed by atoms with Gasteiger partial charge in [0.2, 0.25) is 5.91 Å². The SMILES string of the molecule is CC(C(=O)N1CCSCC1C(=O)O)S(C)(=O)=O. The summed E-state index contributed by atoms with van der Waals surface area (Å²) < 4.78 is 22.6. The van der Waals surface area contributed by atoms with Gasteiger partial charge >= 0.3 is 5.97 Å². The zero-order chi connectivity index (χ0) is 13.2. The highest BCUT2D eigenvalue weighted by atomic mass is 32.2. The maximum atomic E-state index is 11.9. The predicted octanol–water partition coefficient (Wildman–Crippen LogP) is -0.552. The summed E-state index contributed by atoms with van der Waals surface area (Å²) in [4.78, 5) is 24.1. The van der Waals surface area contributed by atoms with Gasteiger partial charge in [0, 0.05) is 24.3 Å². The average Bonchev–Trinajstić information content (AvgIpc) is 2.25. The first-order valence-electron chi connectivity index (χ1n) is 5.05. The Morgan fingerprint density at radius 3 is 2.53 bits per heavy atom. The number of hydrogen-bond donors (Lipinski definition) is 1. The van der Waals surface area contributed by atoms with Crippen LogP contribution in [-0.2, 0) is 19.4 Å². The highest BCUT2D eigenvalue weighted by Gasteiger charge is 2.37. The Balaban J connectivity index is 2.89. The van der Waals surface area contributed by atoms with Crippen LogP contribution in [0.4, 0.5) is 0 Å². The van der Waals surface area contributed by atoms with Gasteiger partial charge in [0.15, 0.2) is 9.84 Å². The summed E-state index contributed by atoms with van der Waals surface area (Å²) >= 11 is 1.45. The van der Waals surface area contributed by atoms with Crippen molar-refractivity contribution < 1.29 is 23.1 Å². The van der Waals surface area contributed by atoms with Crippen LogP contribution in [0.3, 0.4) is 0 Å². The Labute approximate surface area is 104 Å². The minimum atomic E-state index is -3.49. The molecule has 0 aromatic heterocycles. The van der Waals surface area contributed by atoms with Gasteiger partial charge in [-0.25, -0.2) is 13.2 Å². The van der Waals surface area contributed by atoms with Gasteiger partial charge in [0.25, 0.3) is 0 Å². The summed E-state index contributed by atoms with van der Waals surface area (Å²) in [5.74, 6) is -0.782. The zero-order valence-corrected chi connectivity index (χ0v) is 11.3. The van der Waals surface area contributed by atoms with E-state index in [0.717, 1.165) is 11.2 Å². The lowest BCUT2D eigenvalue weighted by Gasteiger charge is -2.33. The molecule has 8 heteroatoms. The van der Waals surface area contributed by atoms with Crippen molar-refractivity contribution in [3.05, 3.63) is 0 Å². The molecule has 1 N–H and O–H groups in total. The molecule has 6 nitrogen and oxygen atoms in total. The van der Waals surface area contributed by atoms with Gasteiger partial charge in [-0.15, -0.1) is 0 Å². The van der Waals surface area contributed by atoms with Crippen molar-refractivity contribution in [3.8, 4) is 0 Å². The molecule has 1 fully saturated rings. The van der Waals surface area contributed by atoms with E-state index in [4.69, 9.17) is 5.11 Å². The van der Waals surface area contributed by atoms with Crippen LogP contribution in [0.1, 0.15) is 6.92 Å². The third-order valence-electron chi connectivity index (χ3n) is 2.69. The minimum absolute atomic E-state index is 0.278. The van der Waals surface area contributed by atoms with Crippen molar-refractivity contribution in [2.24, 2.45) is 0 Å². The number of carboxylic acids is 1. The molecular formula is C9H15NO5S2. The van der Waals surface area contributed by atoms with Gasteiger partial charge in [0.05, 0.1) is 0 Å². The van der Waals surface area contributed by atoms with Crippen LogP contribution in [0.25, 0.3) is 0 Å². The molecule has 98 valence electrons. The van der Waals surface area contributed by atoms with E-state index in [1.54, 1.807) is 0 Å². The Morgan fingerprint density at radius 2 is 2.06 bits per heavy atom. The molecule has 1 amide bonds. The number of carboxylic acid groups (broad SMARTS) is 1. The lowest BCUT2D eigenvalue weighted by atomic mass is 10.2. The molecule has 0 aromatic carbocycles. The first kappa shape index (κ1) is 14.3. The quantitative estimate of drug-likeness (QED) is 0.746. The van der Waals surface area contributed by atoms with E-state index in [9.17, 15) is 18.0 Å². The summed E-state index contributed by atoms with van der Waals surface area (Å²) in [5, 5.41) is 7.80. The molecule has 1 rings (SSSR count). The van der Waals surface area contributed by atoms with Gasteiger partial charge in [-0.1, -0.05) is 0 Å². The average molecular weight is 281 g/mol. The Kier molecular flexibility index (Phi) is 4.42. The molecular weight excluding hydrogens is 266 g/mol. The highest BCUT2D eigenvalue weighted by molar-refractivity contribution is 7.99. The van der Waals surface area contributed by atoms with Crippen molar-refractivity contribution in [3.63, 3.8) is 0 Å². The minimum Gasteiger partial charge on any atom is -0.480 e. The molecule has 17 heavy (non-hydrogen) atoms. The predicted molar refractivity (Wildman–Crippen MR) is 64.8 cm³/mol. The second kappa shape index (κ2) is 5.26. The fourth-order valence-electron chi connectivity index (χ4n) is 1.49. The summed E-state index contributed by atoms with van der Waals surface area (Å²) in [6.07, 6.45) is 0.976. The number of aliphatic carboxylic acids is 1. The second-order valence-corrected chi connectivity index (χ2v) is 7.45. The second-order valence-electron chi connectivity index (χ2n) is 3.93. The third-order valence-corrected chi connectivity index (χ3v) is 5.20. The largest absolute Gasteiger partial charge is 0.480 e. The fraction of sp³-hybridized carbons (Fsp3) is 0.778. The number of nitrogens with zero attached hydrogens (tertiary/aromatic N) is 1. The van der Waals surface area contributed by atoms with E-state index in [-0.39, 0.29) is 6.54 Å². The van der Waals surface area contributed by atoms with Crippen LogP contribution in [-0.4, -0.2) is 65.9 Å². The van der Waals surface area contributed by atoms with Gasteiger partial charge in [0.1, 0.15) is 11.3 Å². The van der Waals surface area contributed by atoms with Crippen LogP contribution in [0.15, 0.2) is 0 Å². The van der Waals surface area contributed by atoms with Crippen molar-refractivity contribution in [1.82, 2.24) is 4.90 Å². The Morgan fingerprint density at radius 1 is 1.47 bits per heavy atom. The molecule has 2 atom stereocenters. The van der Waals surface area contributed by atoms with Crippen molar-refractivity contribution in [2.45, 2.75) is 18.2 Å². The summed E-state index contributed by atoms with van der Waals surface area (Å²) in [5.41, 5.74) is 0. The number of hydrogen-bond acceptors (Lipinski definition) is 5. The molecule has 1 saturated heterocycles. The highest BCUT2D eigenvalue weighted by Crippen LogP contribution is 2.19. The number of thioether (sulfide) groups is 1. The van der Waals surface area contributed by atoms with Crippen LogP contribution in [0.5, 0.6) is 0 Å². The van der Waals surface area contributed by atoms with Crippen LogP contribution in [0.2, 0.25) is 0 Å². The number of sulfone groups is 1. The summed E-state index contributed by atoms with van der Waals surface area (Å²) in [6.45, 7) is 1.57. The normalized spacial score (nSPS) is 23.2. The molecule has 1 aliphatic heterocycles. The zero-order valence-electron chi connectivity index (χ0n) is 9.62. The fourth-order valence-corrected chi connectivity index (χ4v) is 3.03. The number of carbonyl (C=O) groups is 2. The van der Waals surface area contributed by atoms with Crippen LogP contribution >= 0.6 is 11.8 Å². The third kappa shape index (κ3) is 3.35. The van der Waals surface area contributed by atoms with Gasteiger partial charge in [-0.2, -0.15) is 11.8 Å². The van der Waals surface area contributed by atoms with Gasteiger partial charge < -0.3 is 10.0 Å². The van der Waals surface area contributed by atoms with Crippen molar-refractivity contribution in [2.75, 3.05) is 24.3 Å². The Bertz CT molecular complexity index is 419. The smallest absolute Gasteiger partial charge is 0.327 e. The molecule has 1 aliphatic rings. The molecule has 1 heterocycles. The van der Waals surface area contributed by atoms with Crippen molar-refractivity contribution in [1.29, 1.82) is 0 Å². The summed E-state index contributed by atoms with van der Waals surface area (Å²) in [7, 11) is -3.49. The number of amides is 1. The molecule has 2 unspecified atom stereocenters. The van der Waals surface area contributed by atoms with E-state index in [0.29, 0.717) is 11.5 Å². The molecule has 0 aromatic rings. The van der Waals surface area contributed by atoms with E-state index >= 15 is 0 Å². The lowest BCUT2D eigenvalue weighted by molar-refractivity contribution is -0.148. The first-order valence-corrected chi connectivity index (χ1v) is 8.16. The molecule has 0 radical (unpaired) electrons. The van der Waals surface area contributed by atoms with Gasteiger partial charge in [-0.05, 0) is 6.92 Å². The monoisotopic (exact) mass is 281 g/mol. The number of rotatable bonds is 3. The molecule has 0 aliphatic carbocycles. The van der Waals surface area contributed by atoms with E-state index in [2.05, 4.69) is 0 Å². The Hall–Kier alpha value is -0.760. The topological polar surface area (TPSA) is 91.8 Å². The molecule has 0 saturated carbocycles. The molecule has 0 spiro atoms.